The van der Waals surface area contributed by atoms with E-state index in [-0.39, 0.29) is 11.8 Å². The summed E-state index contributed by atoms with van der Waals surface area (Å²) in [6, 6.07) is 20.5. The van der Waals surface area contributed by atoms with Crippen molar-refractivity contribution in [1.82, 2.24) is 9.97 Å². The summed E-state index contributed by atoms with van der Waals surface area (Å²) in [5.74, 6) is 0.624. The second-order valence-corrected chi connectivity index (χ2v) is 7.87. The number of carbonyl (C=O) groups is 1. The van der Waals surface area contributed by atoms with Crippen molar-refractivity contribution in [2.45, 2.75) is 44.4 Å². The van der Waals surface area contributed by atoms with E-state index in [1.165, 1.54) is 12.0 Å². The average Bonchev–Trinajstić information content (AvgIpc) is 3.24. The zero-order chi connectivity index (χ0) is 19.4. The van der Waals surface area contributed by atoms with Crippen molar-refractivity contribution in [3.05, 3.63) is 78.2 Å². The second-order valence-electron chi connectivity index (χ2n) is 7.87. The molecule has 4 heteroatoms. The molecule has 1 aliphatic carbocycles. The monoisotopic (exact) mass is 373 g/mol. The van der Waals surface area contributed by atoms with E-state index in [4.69, 9.17) is 10.7 Å². The molecule has 1 saturated carbocycles. The number of nitrogens with zero attached hydrogens (tertiary/aromatic N) is 1. The Kier molecular flexibility index (Phi) is 5.29. The van der Waals surface area contributed by atoms with Gasteiger partial charge in [0.1, 0.15) is 5.82 Å². The lowest BCUT2D eigenvalue weighted by Crippen LogP contribution is -2.44. The van der Waals surface area contributed by atoms with Crippen molar-refractivity contribution in [1.29, 1.82) is 0 Å². The van der Waals surface area contributed by atoms with Crippen molar-refractivity contribution in [3.8, 4) is 11.3 Å². The highest BCUT2D eigenvalue weighted by Gasteiger charge is 2.46. The number of nitrogens with two attached hydrogens (primary N) is 1. The summed E-state index contributed by atoms with van der Waals surface area (Å²) in [6.45, 7) is 0. The maximum Gasteiger partial charge on any atom is 0.224 e. The number of hydrogen-bond acceptors (Lipinski definition) is 2. The van der Waals surface area contributed by atoms with E-state index in [0.717, 1.165) is 49.2 Å². The van der Waals surface area contributed by atoms with Crippen LogP contribution in [0.5, 0.6) is 0 Å². The molecule has 144 valence electrons. The fourth-order valence-corrected chi connectivity index (χ4v) is 4.63. The zero-order valence-electron chi connectivity index (χ0n) is 16.1. The molecule has 0 saturated heterocycles. The molecule has 1 atom stereocenters. The Morgan fingerprint density at radius 3 is 2.29 bits per heavy atom. The van der Waals surface area contributed by atoms with Crippen LogP contribution in [0.15, 0.2) is 66.9 Å². The van der Waals surface area contributed by atoms with Crippen molar-refractivity contribution in [2.75, 3.05) is 0 Å². The number of nitrogens with one attached hydrogen (secondary N) is 1. The molecule has 1 aromatic heterocycles. The Hall–Kier alpha value is -2.88. The molecule has 1 aliphatic rings. The maximum absolute atomic E-state index is 12.7. The number of aromatic nitrogens is 2. The Balaban J connectivity index is 1.75. The Morgan fingerprint density at radius 2 is 1.64 bits per heavy atom. The SMILES string of the molecule is NC(=O)C1([C@H](Cc2ccccc2)c2ncc(-c3ccccc3)[nH]2)CCCCC1. The summed E-state index contributed by atoms with van der Waals surface area (Å²) in [7, 11) is 0. The van der Waals surface area contributed by atoms with Crippen molar-refractivity contribution in [3.63, 3.8) is 0 Å². The summed E-state index contributed by atoms with van der Waals surface area (Å²) >= 11 is 0. The van der Waals surface area contributed by atoms with Crippen molar-refractivity contribution < 1.29 is 4.79 Å². The first-order valence-electron chi connectivity index (χ1n) is 10.1. The molecule has 0 aliphatic heterocycles. The third-order valence-corrected chi connectivity index (χ3v) is 6.20. The van der Waals surface area contributed by atoms with E-state index >= 15 is 0 Å². The van der Waals surface area contributed by atoms with Gasteiger partial charge < -0.3 is 10.7 Å². The number of imidazole rings is 1. The van der Waals surface area contributed by atoms with Crippen LogP contribution in [0.4, 0.5) is 0 Å². The Morgan fingerprint density at radius 1 is 1.00 bits per heavy atom. The minimum Gasteiger partial charge on any atom is -0.369 e. The van der Waals surface area contributed by atoms with Gasteiger partial charge in [0.05, 0.1) is 17.3 Å². The average molecular weight is 374 g/mol. The van der Waals surface area contributed by atoms with Gasteiger partial charge in [-0.3, -0.25) is 4.79 Å². The highest BCUT2D eigenvalue weighted by atomic mass is 16.1. The zero-order valence-corrected chi connectivity index (χ0v) is 16.1. The van der Waals surface area contributed by atoms with Crippen molar-refractivity contribution in [2.24, 2.45) is 11.1 Å². The fourth-order valence-electron chi connectivity index (χ4n) is 4.63. The van der Waals surface area contributed by atoms with Gasteiger partial charge in [-0.05, 0) is 30.4 Å². The third kappa shape index (κ3) is 3.59. The Labute approximate surface area is 166 Å². The molecule has 3 aromatic rings. The summed E-state index contributed by atoms with van der Waals surface area (Å²) in [4.78, 5) is 21.0. The van der Waals surface area contributed by atoms with Crippen LogP contribution in [0.3, 0.4) is 0 Å². The number of amides is 1. The first-order valence-corrected chi connectivity index (χ1v) is 10.1. The van der Waals surface area contributed by atoms with Crippen LogP contribution < -0.4 is 5.73 Å². The molecule has 0 radical (unpaired) electrons. The van der Waals surface area contributed by atoms with Crippen LogP contribution in [0, 0.1) is 5.41 Å². The molecule has 4 nitrogen and oxygen atoms in total. The van der Waals surface area contributed by atoms with E-state index in [2.05, 4.69) is 29.2 Å². The van der Waals surface area contributed by atoms with Crippen LogP contribution in [0.25, 0.3) is 11.3 Å². The quantitative estimate of drug-likeness (QED) is 0.649. The van der Waals surface area contributed by atoms with Crippen LogP contribution in [0.1, 0.15) is 49.4 Å². The van der Waals surface area contributed by atoms with Crippen LogP contribution in [-0.4, -0.2) is 15.9 Å². The van der Waals surface area contributed by atoms with E-state index in [1.807, 2.05) is 42.6 Å². The predicted molar refractivity (Wildman–Crippen MR) is 112 cm³/mol. The number of benzene rings is 2. The van der Waals surface area contributed by atoms with E-state index in [0.29, 0.717) is 0 Å². The summed E-state index contributed by atoms with van der Waals surface area (Å²) in [5, 5.41) is 0. The van der Waals surface area contributed by atoms with Gasteiger partial charge in [-0.1, -0.05) is 79.9 Å². The standard InChI is InChI=1S/C24H27N3O/c25-23(28)24(14-8-3-9-15-24)20(16-18-10-4-1-5-11-18)22-26-17-21(27-22)19-12-6-2-7-13-19/h1-2,4-7,10-13,17,20H,3,8-9,14-16H2,(H2,25,28)(H,26,27)/t20-/m1/s1. The van der Waals surface area contributed by atoms with Crippen LogP contribution in [0.2, 0.25) is 0 Å². The molecule has 1 amide bonds. The number of hydrogen-bond donors (Lipinski definition) is 2. The molecule has 2 aromatic carbocycles. The molecule has 1 heterocycles. The minimum atomic E-state index is -0.542. The number of rotatable bonds is 6. The smallest absolute Gasteiger partial charge is 0.224 e. The Bertz CT molecular complexity index is 911. The fraction of sp³-hybridized carbons (Fsp3) is 0.333. The second kappa shape index (κ2) is 8.01. The first kappa shape index (κ1) is 18.5. The maximum atomic E-state index is 12.7. The topological polar surface area (TPSA) is 71.8 Å². The van der Waals surface area contributed by atoms with Gasteiger partial charge in [-0.15, -0.1) is 0 Å². The molecule has 0 bridgehead atoms. The molecule has 4 rings (SSSR count). The van der Waals surface area contributed by atoms with Gasteiger partial charge in [0.2, 0.25) is 5.91 Å². The van der Waals surface area contributed by atoms with Gasteiger partial charge in [0, 0.05) is 5.92 Å². The predicted octanol–water partition coefficient (Wildman–Crippen LogP) is 4.84. The van der Waals surface area contributed by atoms with Gasteiger partial charge in [0.25, 0.3) is 0 Å². The number of aromatic amines is 1. The molecule has 28 heavy (non-hydrogen) atoms. The molecular weight excluding hydrogens is 346 g/mol. The number of H-pyrrole nitrogens is 1. The highest BCUT2D eigenvalue weighted by Crippen LogP contribution is 2.48. The molecule has 1 fully saturated rings. The lowest BCUT2D eigenvalue weighted by Gasteiger charge is -2.40. The van der Waals surface area contributed by atoms with E-state index in [9.17, 15) is 4.79 Å². The van der Waals surface area contributed by atoms with Gasteiger partial charge in [-0.2, -0.15) is 0 Å². The van der Waals surface area contributed by atoms with E-state index in [1.54, 1.807) is 0 Å². The molecule has 3 N–H and O–H groups in total. The lowest BCUT2D eigenvalue weighted by atomic mass is 9.63. The van der Waals surface area contributed by atoms with Gasteiger partial charge in [0.15, 0.2) is 0 Å². The summed E-state index contributed by atoms with van der Waals surface area (Å²) in [5.41, 5.74) is 8.76. The molecule has 0 spiro atoms. The summed E-state index contributed by atoms with van der Waals surface area (Å²) < 4.78 is 0. The lowest BCUT2D eigenvalue weighted by molar-refractivity contribution is -0.131. The molecule has 0 unspecified atom stereocenters. The van der Waals surface area contributed by atoms with Crippen LogP contribution >= 0.6 is 0 Å². The van der Waals surface area contributed by atoms with E-state index < -0.39 is 5.41 Å². The van der Waals surface area contributed by atoms with Crippen LogP contribution in [-0.2, 0) is 11.2 Å². The van der Waals surface area contributed by atoms with Gasteiger partial charge >= 0.3 is 0 Å². The normalized spacial score (nSPS) is 17.1. The molecular formula is C24H27N3O. The first-order chi connectivity index (χ1) is 13.7. The van der Waals surface area contributed by atoms with Crippen molar-refractivity contribution >= 4 is 5.91 Å². The van der Waals surface area contributed by atoms with Gasteiger partial charge in [-0.25, -0.2) is 4.98 Å². The largest absolute Gasteiger partial charge is 0.369 e. The number of carbonyl (C=O) groups excluding carboxylic acids is 1. The summed E-state index contributed by atoms with van der Waals surface area (Å²) in [6.07, 6.45) is 7.55. The third-order valence-electron chi connectivity index (χ3n) is 6.20. The minimum absolute atomic E-state index is 0.0508. The highest BCUT2D eigenvalue weighted by molar-refractivity contribution is 5.82. The number of primary amides is 1.